The summed E-state index contributed by atoms with van der Waals surface area (Å²) in [6.45, 7) is 8.21. The molecule has 2 aromatic rings. The van der Waals surface area contributed by atoms with Gasteiger partial charge in [-0.25, -0.2) is 5.01 Å². The van der Waals surface area contributed by atoms with Gasteiger partial charge in [0.1, 0.15) is 23.7 Å². The van der Waals surface area contributed by atoms with E-state index in [1.54, 1.807) is 18.2 Å². The van der Waals surface area contributed by atoms with Gasteiger partial charge in [-0.15, -0.1) is 0 Å². The molecule has 2 heterocycles. The van der Waals surface area contributed by atoms with Crippen LogP contribution in [-0.4, -0.2) is 49.6 Å². The van der Waals surface area contributed by atoms with E-state index in [4.69, 9.17) is 9.47 Å². The molecule has 2 aromatic carbocycles. The quantitative estimate of drug-likeness (QED) is 0.448. The number of nitrogens with zero attached hydrogens (tertiary/aromatic N) is 2. The molecule has 2 saturated heterocycles. The SMILES string of the molecule is CCCOc1ccc(/C=C2/C(=O)NN(c3ccccc3)C2=O)c(OCCN2CCCCC2)c1C. The lowest BCUT2D eigenvalue weighted by Gasteiger charge is -2.26. The number of likely N-dealkylation sites (tertiary alicyclic amines) is 1. The van der Waals surface area contributed by atoms with Crippen molar-refractivity contribution in [3.05, 3.63) is 59.2 Å². The van der Waals surface area contributed by atoms with Gasteiger partial charge in [0, 0.05) is 17.7 Å². The highest BCUT2D eigenvalue weighted by Crippen LogP contribution is 2.34. The number of piperidine rings is 1. The van der Waals surface area contributed by atoms with E-state index in [1.165, 1.54) is 24.3 Å². The van der Waals surface area contributed by atoms with Gasteiger partial charge in [0.2, 0.25) is 0 Å². The van der Waals surface area contributed by atoms with Crippen molar-refractivity contribution in [1.29, 1.82) is 0 Å². The van der Waals surface area contributed by atoms with Gasteiger partial charge in [0.15, 0.2) is 0 Å². The Labute approximate surface area is 201 Å². The zero-order valence-corrected chi connectivity index (χ0v) is 20.0. The maximum absolute atomic E-state index is 13.0. The van der Waals surface area contributed by atoms with Gasteiger partial charge in [-0.3, -0.25) is 19.9 Å². The van der Waals surface area contributed by atoms with Crippen molar-refractivity contribution in [2.24, 2.45) is 0 Å². The van der Waals surface area contributed by atoms with Crippen LogP contribution in [0.4, 0.5) is 5.69 Å². The van der Waals surface area contributed by atoms with E-state index in [2.05, 4.69) is 17.2 Å². The summed E-state index contributed by atoms with van der Waals surface area (Å²) in [4.78, 5) is 28.1. The molecular formula is C27H33N3O4. The minimum Gasteiger partial charge on any atom is -0.493 e. The number of rotatable bonds is 9. The lowest BCUT2D eigenvalue weighted by molar-refractivity contribution is -0.117. The molecule has 180 valence electrons. The fraction of sp³-hybridized carbons (Fsp3) is 0.407. The molecule has 0 spiro atoms. The summed E-state index contributed by atoms with van der Waals surface area (Å²) in [5.74, 6) is 0.582. The predicted molar refractivity (Wildman–Crippen MR) is 133 cm³/mol. The van der Waals surface area contributed by atoms with E-state index in [1.807, 2.05) is 37.3 Å². The van der Waals surface area contributed by atoms with Crippen LogP contribution in [0.2, 0.25) is 0 Å². The van der Waals surface area contributed by atoms with Crippen LogP contribution in [0.5, 0.6) is 11.5 Å². The maximum atomic E-state index is 13.0. The molecule has 2 aliphatic heterocycles. The number of ether oxygens (including phenoxy) is 2. The number of anilines is 1. The summed E-state index contributed by atoms with van der Waals surface area (Å²) >= 11 is 0. The zero-order valence-electron chi connectivity index (χ0n) is 20.0. The number of hydrazine groups is 1. The van der Waals surface area contributed by atoms with Crippen molar-refractivity contribution >= 4 is 23.6 Å². The van der Waals surface area contributed by atoms with Gasteiger partial charge in [-0.1, -0.05) is 31.5 Å². The standard InChI is InChI=1S/C27H33N3O4/c1-3-17-33-24-13-12-21(25(20(24)2)34-18-16-29-14-8-5-9-15-29)19-23-26(31)28-30(27(23)32)22-10-6-4-7-11-22/h4,6-7,10-13,19H,3,5,8-9,14-18H2,1-2H3,(H,28,31)/b23-19-. The van der Waals surface area contributed by atoms with Crippen molar-refractivity contribution in [1.82, 2.24) is 10.3 Å². The van der Waals surface area contributed by atoms with E-state index in [0.717, 1.165) is 37.4 Å². The van der Waals surface area contributed by atoms with Crippen LogP contribution in [0, 0.1) is 6.92 Å². The Bertz CT molecular complexity index is 1050. The van der Waals surface area contributed by atoms with Crippen molar-refractivity contribution in [3.8, 4) is 11.5 Å². The number of hydrogen-bond donors (Lipinski definition) is 1. The van der Waals surface area contributed by atoms with E-state index in [-0.39, 0.29) is 11.5 Å². The predicted octanol–water partition coefficient (Wildman–Crippen LogP) is 4.11. The number of carbonyl (C=O) groups excluding carboxylic acids is 2. The minimum absolute atomic E-state index is 0.0753. The molecule has 2 aliphatic rings. The van der Waals surface area contributed by atoms with Crippen LogP contribution in [0.25, 0.3) is 6.08 Å². The lowest BCUT2D eigenvalue weighted by Crippen LogP contribution is -2.35. The van der Waals surface area contributed by atoms with E-state index in [0.29, 0.717) is 30.2 Å². The van der Waals surface area contributed by atoms with Gasteiger partial charge >= 0.3 is 0 Å². The third-order valence-corrected chi connectivity index (χ3v) is 6.16. The zero-order chi connectivity index (χ0) is 23.9. The third kappa shape index (κ3) is 5.42. The van der Waals surface area contributed by atoms with Gasteiger partial charge in [0.05, 0.1) is 12.3 Å². The Kier molecular flexibility index (Phi) is 7.85. The lowest BCUT2D eigenvalue weighted by atomic mass is 10.0. The molecule has 2 amide bonds. The van der Waals surface area contributed by atoms with Crippen LogP contribution in [0.1, 0.15) is 43.7 Å². The molecule has 0 atom stereocenters. The van der Waals surface area contributed by atoms with Crippen molar-refractivity contribution in [3.63, 3.8) is 0 Å². The highest BCUT2D eigenvalue weighted by atomic mass is 16.5. The van der Waals surface area contributed by atoms with Crippen molar-refractivity contribution < 1.29 is 19.1 Å². The summed E-state index contributed by atoms with van der Waals surface area (Å²) in [6, 6.07) is 12.8. The second-order valence-corrected chi connectivity index (χ2v) is 8.68. The Balaban J connectivity index is 1.59. The molecule has 0 unspecified atom stereocenters. The third-order valence-electron chi connectivity index (χ3n) is 6.16. The summed E-state index contributed by atoms with van der Waals surface area (Å²) in [5, 5.41) is 1.27. The van der Waals surface area contributed by atoms with E-state index >= 15 is 0 Å². The number of hydrogen-bond acceptors (Lipinski definition) is 5. The van der Waals surface area contributed by atoms with Gasteiger partial charge in [0.25, 0.3) is 11.8 Å². The van der Waals surface area contributed by atoms with E-state index in [9.17, 15) is 9.59 Å². The fourth-order valence-electron chi connectivity index (χ4n) is 4.30. The monoisotopic (exact) mass is 463 g/mol. The Morgan fingerprint density at radius 2 is 1.74 bits per heavy atom. The molecule has 0 saturated carbocycles. The first kappa shape index (κ1) is 23.8. The molecule has 7 nitrogen and oxygen atoms in total. The average molecular weight is 464 g/mol. The molecule has 0 aliphatic carbocycles. The van der Waals surface area contributed by atoms with Crippen LogP contribution in [0.15, 0.2) is 48.0 Å². The Morgan fingerprint density at radius 1 is 0.971 bits per heavy atom. The largest absolute Gasteiger partial charge is 0.493 e. The van der Waals surface area contributed by atoms with Crippen LogP contribution in [0.3, 0.4) is 0 Å². The summed E-state index contributed by atoms with van der Waals surface area (Å²) < 4.78 is 12.2. The number of benzene rings is 2. The fourth-order valence-corrected chi connectivity index (χ4v) is 4.30. The van der Waals surface area contributed by atoms with Crippen molar-refractivity contribution in [2.45, 2.75) is 39.5 Å². The average Bonchev–Trinajstić information content (AvgIpc) is 3.14. The summed E-state index contributed by atoms with van der Waals surface area (Å²) in [6.07, 6.45) is 6.27. The van der Waals surface area contributed by atoms with Gasteiger partial charge in [-0.2, -0.15) is 0 Å². The number of nitrogens with one attached hydrogen (secondary N) is 1. The van der Waals surface area contributed by atoms with Crippen LogP contribution >= 0.6 is 0 Å². The molecule has 34 heavy (non-hydrogen) atoms. The number of para-hydroxylation sites is 1. The molecular weight excluding hydrogens is 430 g/mol. The highest BCUT2D eigenvalue weighted by molar-refractivity contribution is 6.31. The molecule has 4 rings (SSSR count). The number of carbonyl (C=O) groups is 2. The second kappa shape index (κ2) is 11.2. The van der Waals surface area contributed by atoms with Crippen molar-refractivity contribution in [2.75, 3.05) is 37.9 Å². The molecule has 0 bridgehead atoms. The van der Waals surface area contributed by atoms with Crippen LogP contribution < -0.4 is 19.9 Å². The molecule has 1 N–H and O–H groups in total. The first-order valence-corrected chi connectivity index (χ1v) is 12.1. The first-order valence-electron chi connectivity index (χ1n) is 12.1. The Hall–Kier alpha value is -3.32. The first-order chi connectivity index (χ1) is 16.6. The molecule has 7 heteroatoms. The topological polar surface area (TPSA) is 71.1 Å². The van der Waals surface area contributed by atoms with Gasteiger partial charge < -0.3 is 9.47 Å². The van der Waals surface area contributed by atoms with Gasteiger partial charge in [-0.05, 0) is 69.6 Å². The highest BCUT2D eigenvalue weighted by Gasteiger charge is 2.34. The van der Waals surface area contributed by atoms with Crippen LogP contribution in [-0.2, 0) is 9.59 Å². The number of amides is 2. The normalized spacial score (nSPS) is 17.8. The summed E-state index contributed by atoms with van der Waals surface area (Å²) in [7, 11) is 0. The maximum Gasteiger partial charge on any atom is 0.282 e. The Morgan fingerprint density at radius 3 is 2.47 bits per heavy atom. The van der Waals surface area contributed by atoms with E-state index < -0.39 is 5.91 Å². The molecule has 2 fully saturated rings. The smallest absolute Gasteiger partial charge is 0.282 e. The minimum atomic E-state index is -0.433. The molecule has 0 aromatic heterocycles. The summed E-state index contributed by atoms with van der Waals surface area (Å²) in [5.41, 5.74) is 4.90. The second-order valence-electron chi connectivity index (χ2n) is 8.68. The molecule has 0 radical (unpaired) electrons.